The Labute approximate surface area is 107 Å². The number of rotatable bonds is 10. The highest BCUT2D eigenvalue weighted by Gasteiger charge is 1.91. The van der Waals surface area contributed by atoms with Crippen molar-refractivity contribution in [2.45, 2.75) is 19.0 Å². The third-order valence-electron chi connectivity index (χ3n) is 2.60. The lowest BCUT2D eigenvalue weighted by Gasteiger charge is -2.06. The fourth-order valence-electron chi connectivity index (χ4n) is 1.63. The van der Waals surface area contributed by atoms with Crippen molar-refractivity contribution in [3.8, 4) is 0 Å². The maximum Gasteiger partial charge on any atom is 0.161 e. The third-order valence-corrected chi connectivity index (χ3v) is 3.80. The van der Waals surface area contributed by atoms with Crippen LogP contribution in [-0.4, -0.2) is 36.5 Å². The fraction of sp³-hybridized carbons (Fsp3) is 0.538. The largest absolute Gasteiger partial charge is 0.427 e. The summed E-state index contributed by atoms with van der Waals surface area (Å²) in [5.41, 5.74) is 1.35. The summed E-state index contributed by atoms with van der Waals surface area (Å²) < 4.78 is 5.13. The third kappa shape index (κ3) is 8.10. The second-order valence-electron chi connectivity index (χ2n) is 4.11. The Hall–Kier alpha value is -0.683. The van der Waals surface area contributed by atoms with Gasteiger partial charge in [0, 0.05) is 26.7 Å². The van der Waals surface area contributed by atoms with E-state index in [0.717, 1.165) is 26.2 Å². The Morgan fingerprint density at radius 1 is 1.06 bits per heavy atom. The molecule has 0 saturated heterocycles. The summed E-state index contributed by atoms with van der Waals surface area (Å²) in [7, 11) is 1.60. The first-order chi connectivity index (χ1) is 8.43. The minimum Gasteiger partial charge on any atom is -0.427 e. The minimum absolute atomic E-state index is 0.213. The van der Waals surface area contributed by atoms with Crippen molar-refractivity contribution < 1.29 is 4.43 Å². The summed E-state index contributed by atoms with van der Waals surface area (Å²) in [5, 5.41) is 6.86. The van der Waals surface area contributed by atoms with Gasteiger partial charge >= 0.3 is 0 Å². The first-order valence-electron chi connectivity index (χ1n) is 6.38. The van der Waals surface area contributed by atoms with Gasteiger partial charge in [0.2, 0.25) is 0 Å². The van der Waals surface area contributed by atoms with E-state index < -0.39 is 0 Å². The number of hydrogen-bond acceptors (Lipinski definition) is 3. The summed E-state index contributed by atoms with van der Waals surface area (Å²) in [4.78, 5) is 0. The summed E-state index contributed by atoms with van der Waals surface area (Å²) in [6, 6.07) is 11.8. The molecule has 3 nitrogen and oxygen atoms in total. The Balaban J connectivity index is 1.85. The smallest absolute Gasteiger partial charge is 0.161 e. The van der Waals surface area contributed by atoms with E-state index in [1.807, 2.05) is 13.2 Å². The predicted molar refractivity (Wildman–Crippen MR) is 76.0 cm³/mol. The van der Waals surface area contributed by atoms with Crippen LogP contribution in [0.25, 0.3) is 0 Å². The van der Waals surface area contributed by atoms with Crippen molar-refractivity contribution in [2.24, 2.45) is 0 Å². The van der Waals surface area contributed by atoms with Gasteiger partial charge in [-0.05, 0) is 24.6 Å². The molecular formula is C13H24N2OSi. The molecular weight excluding hydrogens is 228 g/mol. The molecule has 0 aliphatic carbocycles. The van der Waals surface area contributed by atoms with Crippen LogP contribution in [0.3, 0.4) is 0 Å². The highest BCUT2D eigenvalue weighted by molar-refractivity contribution is 6.26. The summed E-state index contributed by atoms with van der Waals surface area (Å²) in [6.45, 7) is 4.14. The van der Waals surface area contributed by atoms with Crippen LogP contribution in [0.2, 0.25) is 6.04 Å². The maximum atomic E-state index is 5.13. The van der Waals surface area contributed by atoms with Gasteiger partial charge in [0.25, 0.3) is 0 Å². The number of benzene rings is 1. The molecule has 0 aliphatic rings. The zero-order valence-corrected chi connectivity index (χ0v) is 12.2. The molecule has 1 rings (SSSR count). The van der Waals surface area contributed by atoms with E-state index in [0.29, 0.717) is 0 Å². The quantitative estimate of drug-likeness (QED) is 0.480. The van der Waals surface area contributed by atoms with Gasteiger partial charge in [-0.15, -0.1) is 0 Å². The molecule has 0 saturated carbocycles. The molecule has 0 bridgehead atoms. The first kappa shape index (κ1) is 14.4. The number of hydrogen-bond donors (Lipinski definition) is 2. The molecule has 0 atom stereocenters. The molecule has 0 amide bonds. The van der Waals surface area contributed by atoms with Gasteiger partial charge in [-0.25, -0.2) is 0 Å². The molecule has 1 aromatic carbocycles. The normalized spacial score (nSPS) is 11.4. The molecule has 96 valence electrons. The van der Waals surface area contributed by atoms with Crippen LogP contribution in [0.4, 0.5) is 0 Å². The van der Waals surface area contributed by atoms with E-state index in [9.17, 15) is 0 Å². The van der Waals surface area contributed by atoms with E-state index in [1.165, 1.54) is 18.0 Å². The van der Waals surface area contributed by atoms with E-state index in [4.69, 9.17) is 4.43 Å². The van der Waals surface area contributed by atoms with Gasteiger partial charge < -0.3 is 15.1 Å². The summed E-state index contributed by atoms with van der Waals surface area (Å²) in [5.74, 6) is 0. The van der Waals surface area contributed by atoms with E-state index >= 15 is 0 Å². The van der Waals surface area contributed by atoms with Crippen molar-refractivity contribution in [3.63, 3.8) is 0 Å². The molecule has 0 aromatic heterocycles. The molecule has 4 heteroatoms. The monoisotopic (exact) mass is 252 g/mol. The lowest BCUT2D eigenvalue weighted by atomic mass is 10.2. The van der Waals surface area contributed by atoms with Crippen LogP contribution in [0.15, 0.2) is 30.3 Å². The lowest BCUT2D eigenvalue weighted by Crippen LogP contribution is -2.27. The fourth-order valence-corrected chi connectivity index (χ4v) is 2.37. The lowest BCUT2D eigenvalue weighted by molar-refractivity contribution is 0.439. The molecule has 0 heterocycles. The summed E-state index contributed by atoms with van der Waals surface area (Å²) >= 11 is 0. The Bertz CT molecular complexity index is 269. The van der Waals surface area contributed by atoms with E-state index in [-0.39, 0.29) is 9.76 Å². The summed E-state index contributed by atoms with van der Waals surface area (Å²) in [6.07, 6.45) is 1.25. The van der Waals surface area contributed by atoms with Crippen molar-refractivity contribution in [1.29, 1.82) is 0 Å². The SMILES string of the molecule is CO[SiH2]CCCNCCNCc1ccccc1. The zero-order valence-electron chi connectivity index (χ0n) is 10.7. The van der Waals surface area contributed by atoms with Crippen LogP contribution in [0.1, 0.15) is 12.0 Å². The van der Waals surface area contributed by atoms with Crippen LogP contribution >= 0.6 is 0 Å². The van der Waals surface area contributed by atoms with Crippen LogP contribution in [0.5, 0.6) is 0 Å². The zero-order chi connectivity index (χ0) is 12.2. The predicted octanol–water partition coefficient (Wildman–Crippen LogP) is 0.904. The van der Waals surface area contributed by atoms with Gasteiger partial charge in [0.05, 0.1) is 0 Å². The van der Waals surface area contributed by atoms with Crippen molar-refractivity contribution in [2.75, 3.05) is 26.7 Å². The molecule has 0 radical (unpaired) electrons. The standard InChI is InChI=1S/C13H24N2OSi/c1-16-17-11-5-8-14-9-10-15-12-13-6-3-2-4-7-13/h2-4,6-7,14-15H,5,8-12,17H2,1H3. The van der Waals surface area contributed by atoms with Crippen molar-refractivity contribution in [3.05, 3.63) is 35.9 Å². The Morgan fingerprint density at radius 3 is 2.59 bits per heavy atom. The van der Waals surface area contributed by atoms with Crippen molar-refractivity contribution in [1.82, 2.24) is 10.6 Å². The topological polar surface area (TPSA) is 33.3 Å². The molecule has 0 unspecified atom stereocenters. The second kappa shape index (κ2) is 10.5. The van der Waals surface area contributed by atoms with Crippen LogP contribution in [0, 0.1) is 0 Å². The van der Waals surface area contributed by atoms with Gasteiger partial charge in [-0.2, -0.15) is 0 Å². The molecule has 1 aromatic rings. The molecule has 0 aliphatic heterocycles. The highest BCUT2D eigenvalue weighted by atomic mass is 28.2. The van der Waals surface area contributed by atoms with Crippen molar-refractivity contribution >= 4 is 9.76 Å². The minimum atomic E-state index is -0.213. The van der Waals surface area contributed by atoms with Crippen LogP contribution < -0.4 is 10.6 Å². The van der Waals surface area contributed by atoms with Gasteiger partial charge in [-0.3, -0.25) is 0 Å². The van der Waals surface area contributed by atoms with Gasteiger partial charge in [0.1, 0.15) is 0 Å². The molecule has 0 spiro atoms. The van der Waals surface area contributed by atoms with E-state index in [2.05, 4.69) is 34.9 Å². The molecule has 2 N–H and O–H groups in total. The van der Waals surface area contributed by atoms with Crippen LogP contribution in [-0.2, 0) is 11.0 Å². The average Bonchev–Trinajstić information content (AvgIpc) is 2.38. The Kier molecular flexibility index (Phi) is 8.85. The van der Waals surface area contributed by atoms with Gasteiger partial charge in [0.15, 0.2) is 9.76 Å². The average molecular weight is 252 g/mol. The number of nitrogens with one attached hydrogen (secondary N) is 2. The molecule has 0 fully saturated rings. The second-order valence-corrected chi connectivity index (χ2v) is 5.80. The van der Waals surface area contributed by atoms with Gasteiger partial charge in [-0.1, -0.05) is 30.3 Å². The maximum absolute atomic E-state index is 5.13. The molecule has 17 heavy (non-hydrogen) atoms. The first-order valence-corrected chi connectivity index (χ1v) is 7.95. The van der Waals surface area contributed by atoms with E-state index in [1.54, 1.807) is 0 Å². The Morgan fingerprint density at radius 2 is 1.82 bits per heavy atom. The highest BCUT2D eigenvalue weighted by Crippen LogP contribution is 1.96.